The minimum Gasteiger partial charge on any atom is -0.478 e. The van der Waals surface area contributed by atoms with Crippen molar-refractivity contribution < 1.29 is 48.8 Å². The Morgan fingerprint density at radius 1 is 1.07 bits per heavy atom. The largest absolute Gasteiger partial charge is 0.478 e. The predicted molar refractivity (Wildman–Crippen MR) is 164 cm³/mol. The van der Waals surface area contributed by atoms with Gasteiger partial charge in [0, 0.05) is 36.5 Å². The number of carboxylic acid groups (broad SMARTS) is 2. The van der Waals surface area contributed by atoms with Gasteiger partial charge in [0.15, 0.2) is 0 Å². The molecule has 2 aliphatic rings. The Morgan fingerprint density at radius 3 is 2.26 bits per heavy atom. The molecule has 3 atom stereocenters. The molecule has 244 valence electrons. The standard InChI is InChI=1S/C32H36N4O10/c1-31(2,3)24(28(41)36-15-5-6-21(36)27(40)35(4)19-11-9-18(10-12-19)26(33)39)34-23(37)14-8-17-7-13-22-20(16-17)25(38)32(46-22,29(42)43)30(44)45/h7-14,16,21,24-25,38H,5-6,15H2,1-4H3,(H2,33,39)(H,34,37)(H,42,43)(H,44,45)/b14-8+/t21-,24+,25?/m0/s1. The van der Waals surface area contributed by atoms with Crippen LogP contribution in [-0.2, 0) is 24.0 Å². The first kappa shape index (κ1) is 33.6. The highest BCUT2D eigenvalue weighted by atomic mass is 16.6. The quantitative estimate of drug-likeness (QED) is 0.196. The van der Waals surface area contributed by atoms with Crippen molar-refractivity contribution in [1.82, 2.24) is 10.2 Å². The van der Waals surface area contributed by atoms with E-state index in [4.69, 9.17) is 10.5 Å². The number of anilines is 1. The fraction of sp³-hybridized carbons (Fsp3) is 0.375. The molecule has 0 radical (unpaired) electrons. The summed E-state index contributed by atoms with van der Waals surface area (Å²) in [6.07, 6.45) is 1.51. The van der Waals surface area contributed by atoms with Crippen molar-refractivity contribution in [3.63, 3.8) is 0 Å². The van der Waals surface area contributed by atoms with Crippen molar-refractivity contribution in [3.8, 4) is 5.75 Å². The number of likely N-dealkylation sites (tertiary alicyclic amines) is 1. The molecular weight excluding hydrogens is 600 g/mol. The summed E-state index contributed by atoms with van der Waals surface area (Å²) in [5.74, 6) is -5.85. The molecule has 2 aromatic carbocycles. The Hall–Kier alpha value is -5.24. The number of hydrogen-bond donors (Lipinski definition) is 5. The Labute approximate surface area is 264 Å². The van der Waals surface area contributed by atoms with Crippen LogP contribution in [0.3, 0.4) is 0 Å². The minimum absolute atomic E-state index is 0.0753. The van der Waals surface area contributed by atoms with Crippen LogP contribution in [0.2, 0.25) is 0 Å². The predicted octanol–water partition coefficient (Wildman–Crippen LogP) is 1.32. The van der Waals surface area contributed by atoms with E-state index in [2.05, 4.69) is 5.32 Å². The fourth-order valence-corrected chi connectivity index (χ4v) is 5.50. The van der Waals surface area contributed by atoms with E-state index in [1.54, 1.807) is 40.0 Å². The number of likely N-dealkylation sites (N-methyl/N-ethyl adjacent to an activating group) is 1. The zero-order valence-corrected chi connectivity index (χ0v) is 25.7. The molecule has 6 N–H and O–H groups in total. The van der Waals surface area contributed by atoms with E-state index >= 15 is 0 Å². The van der Waals surface area contributed by atoms with E-state index in [-0.39, 0.29) is 17.2 Å². The maximum Gasteiger partial charge on any atom is 0.363 e. The van der Waals surface area contributed by atoms with Crippen molar-refractivity contribution in [2.45, 2.75) is 57.4 Å². The van der Waals surface area contributed by atoms with Crippen LogP contribution in [0.15, 0.2) is 48.5 Å². The molecule has 14 heteroatoms. The zero-order chi connectivity index (χ0) is 34.1. The number of nitrogens with two attached hydrogens (primary N) is 1. The van der Waals surface area contributed by atoms with E-state index in [1.165, 1.54) is 46.2 Å². The first-order valence-corrected chi connectivity index (χ1v) is 14.4. The Morgan fingerprint density at radius 2 is 1.70 bits per heavy atom. The first-order valence-electron chi connectivity index (χ1n) is 14.4. The number of aliphatic hydroxyl groups excluding tert-OH is 1. The number of hydrogen-bond acceptors (Lipinski definition) is 8. The topological polar surface area (TPSA) is 217 Å². The van der Waals surface area contributed by atoms with Crippen LogP contribution in [-0.4, -0.2) is 87.1 Å². The number of carbonyl (C=O) groups is 6. The van der Waals surface area contributed by atoms with Gasteiger partial charge in [-0.1, -0.05) is 26.8 Å². The number of primary amides is 1. The van der Waals surface area contributed by atoms with Crippen LogP contribution in [0, 0.1) is 5.41 Å². The zero-order valence-electron chi connectivity index (χ0n) is 25.7. The molecule has 14 nitrogen and oxygen atoms in total. The highest BCUT2D eigenvalue weighted by Crippen LogP contribution is 2.44. The number of carbonyl (C=O) groups excluding carboxylic acids is 4. The van der Waals surface area contributed by atoms with Gasteiger partial charge in [-0.05, 0) is 66.3 Å². The number of fused-ring (bicyclic) bond motifs is 1. The van der Waals surface area contributed by atoms with E-state index in [1.807, 2.05) is 0 Å². The number of nitrogens with one attached hydrogen (secondary N) is 1. The minimum atomic E-state index is -2.90. The Bertz CT molecular complexity index is 1600. The number of carboxylic acids is 2. The number of aliphatic hydroxyl groups is 1. The van der Waals surface area contributed by atoms with E-state index in [0.29, 0.717) is 36.2 Å². The van der Waals surface area contributed by atoms with E-state index < -0.39 is 58.9 Å². The van der Waals surface area contributed by atoms with Gasteiger partial charge in [-0.15, -0.1) is 0 Å². The summed E-state index contributed by atoms with van der Waals surface area (Å²) >= 11 is 0. The first-order chi connectivity index (χ1) is 21.5. The summed E-state index contributed by atoms with van der Waals surface area (Å²) in [4.78, 5) is 78.0. The van der Waals surface area contributed by atoms with Crippen molar-refractivity contribution in [1.29, 1.82) is 0 Å². The molecule has 4 amide bonds. The van der Waals surface area contributed by atoms with Crippen LogP contribution in [0.5, 0.6) is 5.75 Å². The lowest BCUT2D eigenvalue weighted by Crippen LogP contribution is -2.57. The van der Waals surface area contributed by atoms with Gasteiger partial charge in [0.25, 0.3) is 0 Å². The third-order valence-corrected chi connectivity index (χ3v) is 8.14. The Balaban J connectivity index is 1.48. The molecule has 1 saturated heterocycles. The maximum atomic E-state index is 13.9. The summed E-state index contributed by atoms with van der Waals surface area (Å²) in [5.41, 5.74) is 2.72. The summed E-state index contributed by atoms with van der Waals surface area (Å²) in [6.45, 7) is 5.64. The molecule has 1 fully saturated rings. The van der Waals surface area contributed by atoms with Gasteiger partial charge in [0.2, 0.25) is 23.6 Å². The number of aliphatic carboxylic acids is 2. The van der Waals surface area contributed by atoms with Crippen molar-refractivity contribution >= 4 is 47.3 Å². The SMILES string of the molecule is CN(C(=O)[C@@H]1CCCN1C(=O)[C@@H](NC(=O)/C=C/c1ccc2c(c1)C(O)C(C(=O)O)(C(=O)O)O2)C(C)(C)C)c1ccc(C(N)=O)cc1. The molecule has 0 spiro atoms. The van der Waals surface area contributed by atoms with Crippen LogP contribution in [0.25, 0.3) is 6.08 Å². The lowest BCUT2D eigenvalue weighted by molar-refractivity contribution is -0.180. The monoisotopic (exact) mass is 636 g/mol. The second-order valence-electron chi connectivity index (χ2n) is 12.3. The number of ether oxygens (including phenoxy) is 1. The van der Waals surface area contributed by atoms with Gasteiger partial charge in [-0.2, -0.15) is 0 Å². The van der Waals surface area contributed by atoms with Crippen molar-refractivity contribution in [2.75, 3.05) is 18.5 Å². The molecule has 2 aliphatic heterocycles. The molecule has 0 saturated carbocycles. The number of nitrogens with zero attached hydrogens (tertiary/aromatic N) is 2. The lowest BCUT2D eigenvalue weighted by atomic mass is 9.85. The third kappa shape index (κ3) is 6.29. The van der Waals surface area contributed by atoms with Crippen LogP contribution in [0.1, 0.15) is 61.2 Å². The molecule has 4 rings (SSSR count). The highest BCUT2D eigenvalue weighted by Gasteiger charge is 2.61. The average Bonchev–Trinajstić information content (AvgIpc) is 3.60. The van der Waals surface area contributed by atoms with Gasteiger partial charge >= 0.3 is 17.5 Å². The molecular formula is C32H36N4O10. The number of rotatable bonds is 9. The second kappa shape index (κ2) is 12.6. The molecule has 46 heavy (non-hydrogen) atoms. The van der Waals surface area contributed by atoms with Gasteiger partial charge in [-0.3, -0.25) is 19.2 Å². The smallest absolute Gasteiger partial charge is 0.363 e. The van der Waals surface area contributed by atoms with Crippen LogP contribution < -0.4 is 20.7 Å². The van der Waals surface area contributed by atoms with E-state index in [0.717, 1.165) is 6.08 Å². The normalized spacial score (nSPS) is 19.2. The van der Waals surface area contributed by atoms with Gasteiger partial charge < -0.3 is 40.9 Å². The summed E-state index contributed by atoms with van der Waals surface area (Å²) < 4.78 is 5.12. The van der Waals surface area contributed by atoms with Gasteiger partial charge in [-0.25, -0.2) is 9.59 Å². The van der Waals surface area contributed by atoms with Gasteiger partial charge in [0.05, 0.1) is 0 Å². The summed E-state index contributed by atoms with van der Waals surface area (Å²) in [5, 5.41) is 32.1. The molecule has 0 aliphatic carbocycles. The van der Waals surface area contributed by atoms with Crippen molar-refractivity contribution in [2.24, 2.45) is 11.1 Å². The molecule has 0 bridgehead atoms. The molecule has 0 aromatic heterocycles. The van der Waals surface area contributed by atoms with E-state index in [9.17, 15) is 44.1 Å². The molecule has 2 heterocycles. The summed E-state index contributed by atoms with van der Waals surface area (Å²) in [7, 11) is 1.57. The van der Waals surface area contributed by atoms with Crippen LogP contribution in [0.4, 0.5) is 5.69 Å². The second-order valence-corrected chi connectivity index (χ2v) is 12.3. The summed E-state index contributed by atoms with van der Waals surface area (Å²) in [6, 6.07) is 8.46. The van der Waals surface area contributed by atoms with Gasteiger partial charge in [0.1, 0.15) is 23.9 Å². The van der Waals surface area contributed by atoms with Crippen molar-refractivity contribution in [3.05, 3.63) is 65.2 Å². The highest BCUT2D eigenvalue weighted by molar-refractivity contribution is 6.04. The maximum absolute atomic E-state index is 13.9. The fourth-order valence-electron chi connectivity index (χ4n) is 5.50. The molecule has 1 unspecified atom stereocenters. The number of benzene rings is 2. The average molecular weight is 637 g/mol. The third-order valence-electron chi connectivity index (χ3n) is 8.14. The van der Waals surface area contributed by atoms with Crippen LogP contribution >= 0.6 is 0 Å². The Kier molecular flexibility index (Phi) is 9.24. The number of amides is 4. The lowest BCUT2D eigenvalue weighted by Gasteiger charge is -2.36. The molecule has 2 aromatic rings.